The smallest absolute Gasteiger partial charge is 0.108 e. The standard InChI is InChI=1S/C12H24FP/c1-11(2,3)14(12(4,5)6)10-8-7-9-13/h7-8H,9-10H2,1-6H3. The molecule has 0 fully saturated rings. The molecule has 0 aliphatic rings. The molecule has 0 unspecified atom stereocenters. The molecule has 0 aromatic carbocycles. The lowest BCUT2D eigenvalue weighted by molar-refractivity contribution is 0.561. The van der Waals surface area contributed by atoms with Crippen molar-refractivity contribution >= 4 is 7.92 Å². The van der Waals surface area contributed by atoms with Gasteiger partial charge in [-0.15, -0.1) is 0 Å². The van der Waals surface area contributed by atoms with Gasteiger partial charge in [-0.2, -0.15) is 0 Å². The van der Waals surface area contributed by atoms with E-state index in [0.29, 0.717) is 10.3 Å². The van der Waals surface area contributed by atoms with Crippen LogP contribution in [0.1, 0.15) is 41.5 Å². The van der Waals surface area contributed by atoms with Gasteiger partial charge in [0, 0.05) is 0 Å². The molecule has 0 amide bonds. The molecule has 0 aromatic rings. The molecule has 84 valence electrons. The molecule has 0 aliphatic heterocycles. The zero-order chi connectivity index (χ0) is 11.4. The molecular weight excluding hydrogens is 194 g/mol. The van der Waals surface area contributed by atoms with Crippen molar-refractivity contribution in [3.63, 3.8) is 0 Å². The first kappa shape index (κ1) is 14.1. The van der Waals surface area contributed by atoms with Crippen LogP contribution in [-0.2, 0) is 0 Å². The molecule has 0 nitrogen and oxygen atoms in total. The van der Waals surface area contributed by atoms with Crippen molar-refractivity contribution in [2.45, 2.75) is 51.9 Å². The quantitative estimate of drug-likeness (QED) is 0.480. The van der Waals surface area contributed by atoms with Crippen LogP contribution in [0.4, 0.5) is 4.39 Å². The number of alkyl halides is 1. The number of rotatable bonds is 3. The zero-order valence-electron chi connectivity index (χ0n) is 10.4. The van der Waals surface area contributed by atoms with Gasteiger partial charge >= 0.3 is 0 Å². The highest BCUT2D eigenvalue weighted by molar-refractivity contribution is 7.61. The first-order valence-electron chi connectivity index (χ1n) is 5.18. The molecule has 0 spiro atoms. The topological polar surface area (TPSA) is 0 Å². The normalized spacial score (nSPS) is 14.3. The van der Waals surface area contributed by atoms with Crippen LogP contribution >= 0.6 is 7.92 Å². The Labute approximate surface area is 89.7 Å². The van der Waals surface area contributed by atoms with E-state index in [1.807, 2.05) is 6.08 Å². The second-order valence-electron chi connectivity index (χ2n) is 5.58. The highest BCUT2D eigenvalue weighted by Gasteiger charge is 2.32. The van der Waals surface area contributed by atoms with Crippen LogP contribution in [-0.4, -0.2) is 23.1 Å². The van der Waals surface area contributed by atoms with Gasteiger partial charge in [-0.05, 0) is 16.5 Å². The maximum absolute atomic E-state index is 12.0. The first-order valence-corrected chi connectivity index (χ1v) is 6.71. The Morgan fingerprint density at radius 2 is 1.36 bits per heavy atom. The molecule has 2 heteroatoms. The summed E-state index contributed by atoms with van der Waals surface area (Å²) in [5.41, 5.74) is 0. The Bertz CT molecular complexity index is 169. The van der Waals surface area contributed by atoms with Gasteiger partial charge in [0.05, 0.1) is 0 Å². The fraction of sp³-hybridized carbons (Fsp3) is 0.833. The molecule has 0 atom stereocenters. The molecule has 0 heterocycles. The highest BCUT2D eigenvalue weighted by Crippen LogP contribution is 2.58. The van der Waals surface area contributed by atoms with Gasteiger partial charge in [0.1, 0.15) is 6.67 Å². The van der Waals surface area contributed by atoms with Gasteiger partial charge in [0.2, 0.25) is 0 Å². The van der Waals surface area contributed by atoms with Crippen molar-refractivity contribution in [3.05, 3.63) is 12.2 Å². The van der Waals surface area contributed by atoms with Crippen molar-refractivity contribution in [3.8, 4) is 0 Å². The lowest BCUT2D eigenvalue weighted by Gasteiger charge is -2.41. The molecule has 0 saturated heterocycles. The van der Waals surface area contributed by atoms with E-state index < -0.39 is 0 Å². The van der Waals surface area contributed by atoms with E-state index in [2.05, 4.69) is 41.5 Å². The van der Waals surface area contributed by atoms with E-state index in [1.54, 1.807) is 6.08 Å². The highest BCUT2D eigenvalue weighted by atomic mass is 31.1. The summed E-state index contributed by atoms with van der Waals surface area (Å²) >= 11 is 0. The second-order valence-corrected chi connectivity index (χ2v) is 9.48. The summed E-state index contributed by atoms with van der Waals surface area (Å²) in [6.45, 7) is 13.4. The van der Waals surface area contributed by atoms with Crippen LogP contribution < -0.4 is 0 Å². The molecular formula is C12H24FP. The van der Waals surface area contributed by atoms with Crippen LogP contribution in [0.3, 0.4) is 0 Å². The third-order valence-corrected chi connectivity index (χ3v) is 5.98. The van der Waals surface area contributed by atoms with E-state index in [-0.39, 0.29) is 14.6 Å². The first-order chi connectivity index (χ1) is 6.19. The Kier molecular flexibility index (Phi) is 5.30. The maximum Gasteiger partial charge on any atom is 0.108 e. The van der Waals surface area contributed by atoms with E-state index in [4.69, 9.17) is 0 Å². The van der Waals surface area contributed by atoms with E-state index in [1.165, 1.54) is 0 Å². The van der Waals surface area contributed by atoms with Crippen LogP contribution in [0.2, 0.25) is 0 Å². The number of hydrogen-bond donors (Lipinski definition) is 0. The fourth-order valence-corrected chi connectivity index (χ4v) is 5.26. The Balaban J connectivity index is 4.51. The van der Waals surface area contributed by atoms with Gasteiger partial charge in [0.25, 0.3) is 0 Å². The lowest BCUT2D eigenvalue weighted by atomic mass is 10.2. The molecule has 14 heavy (non-hydrogen) atoms. The molecule has 0 rings (SSSR count). The predicted molar refractivity (Wildman–Crippen MR) is 66.4 cm³/mol. The molecule has 0 N–H and O–H groups in total. The van der Waals surface area contributed by atoms with Gasteiger partial charge in [-0.25, -0.2) is 4.39 Å². The van der Waals surface area contributed by atoms with Crippen molar-refractivity contribution in [1.29, 1.82) is 0 Å². The van der Waals surface area contributed by atoms with E-state index in [0.717, 1.165) is 6.16 Å². The molecule has 0 aliphatic carbocycles. The summed E-state index contributed by atoms with van der Waals surface area (Å²) in [6, 6.07) is 0. The van der Waals surface area contributed by atoms with Gasteiger partial charge in [0.15, 0.2) is 0 Å². The molecule has 0 bridgehead atoms. The largest absolute Gasteiger partial charge is 0.247 e. The summed E-state index contributed by atoms with van der Waals surface area (Å²) in [4.78, 5) is 0. The average molecular weight is 218 g/mol. The van der Waals surface area contributed by atoms with Gasteiger partial charge < -0.3 is 0 Å². The number of hydrogen-bond acceptors (Lipinski definition) is 0. The van der Waals surface area contributed by atoms with Crippen LogP contribution in [0.25, 0.3) is 0 Å². The van der Waals surface area contributed by atoms with E-state index >= 15 is 0 Å². The van der Waals surface area contributed by atoms with Crippen molar-refractivity contribution in [2.24, 2.45) is 0 Å². The fourth-order valence-electron chi connectivity index (χ4n) is 1.80. The summed E-state index contributed by atoms with van der Waals surface area (Å²) in [5.74, 6) is 0. The Morgan fingerprint density at radius 3 is 1.64 bits per heavy atom. The Hall–Kier alpha value is 0.100. The molecule has 0 radical (unpaired) electrons. The van der Waals surface area contributed by atoms with E-state index in [9.17, 15) is 4.39 Å². The SMILES string of the molecule is CC(C)(C)P(CC=CCF)C(C)(C)C. The van der Waals surface area contributed by atoms with Crippen molar-refractivity contribution < 1.29 is 4.39 Å². The lowest BCUT2D eigenvalue weighted by Crippen LogP contribution is -2.26. The summed E-state index contributed by atoms with van der Waals surface area (Å²) in [7, 11) is -0.108. The minimum Gasteiger partial charge on any atom is -0.247 e. The predicted octanol–water partition coefficient (Wildman–Crippen LogP) is 4.59. The summed E-state index contributed by atoms with van der Waals surface area (Å²) in [5, 5.41) is 0.683. The molecule has 0 aromatic heterocycles. The average Bonchev–Trinajstić information content (AvgIpc) is 1.92. The van der Waals surface area contributed by atoms with Crippen LogP contribution in [0.15, 0.2) is 12.2 Å². The third-order valence-electron chi connectivity index (χ3n) is 2.16. The minimum atomic E-state index is -0.336. The zero-order valence-corrected chi connectivity index (χ0v) is 11.3. The second kappa shape index (κ2) is 5.26. The van der Waals surface area contributed by atoms with Gasteiger partial charge in [-0.1, -0.05) is 61.6 Å². The maximum atomic E-state index is 12.0. The van der Waals surface area contributed by atoms with Crippen LogP contribution in [0, 0.1) is 0 Å². The summed E-state index contributed by atoms with van der Waals surface area (Å²) in [6.07, 6.45) is 4.67. The Morgan fingerprint density at radius 1 is 0.929 bits per heavy atom. The van der Waals surface area contributed by atoms with Crippen molar-refractivity contribution in [1.82, 2.24) is 0 Å². The third kappa shape index (κ3) is 5.10. The van der Waals surface area contributed by atoms with Crippen LogP contribution in [0.5, 0.6) is 0 Å². The van der Waals surface area contributed by atoms with Gasteiger partial charge in [-0.3, -0.25) is 0 Å². The molecule has 0 saturated carbocycles. The summed E-state index contributed by atoms with van der Waals surface area (Å²) < 4.78 is 12.0. The number of halogens is 1. The van der Waals surface area contributed by atoms with Crippen molar-refractivity contribution in [2.75, 3.05) is 12.8 Å². The minimum absolute atomic E-state index is 0.108. The number of allylic oxidation sites excluding steroid dienone is 2. The monoisotopic (exact) mass is 218 g/mol.